The van der Waals surface area contributed by atoms with Crippen LogP contribution in [-0.4, -0.2) is 36.8 Å². The molecule has 1 fully saturated rings. The number of carbonyl (C=O) groups excluding carboxylic acids is 1. The molecular weight excluding hydrogens is 604 g/mol. The maximum atomic E-state index is 10.8. The van der Waals surface area contributed by atoms with Crippen LogP contribution in [-0.2, 0) is 18.3 Å². The van der Waals surface area contributed by atoms with Gasteiger partial charge in [-0.2, -0.15) is 0 Å². The summed E-state index contributed by atoms with van der Waals surface area (Å²) in [5.74, 6) is 0.628. The number of carbonyl (C=O) groups is 1. The largest absolute Gasteiger partial charge is 0.352 e. The SMILES string of the molecule is CC(=O)COc1ccccc1[CH]=[Ru]([Cl])[Cl].Cc1cc(C)c(N2CCN(c3c(C)cc(C)cc3C)C2)c(C)c1. The second-order valence-corrected chi connectivity index (χ2v) is 15.7. The number of halogens is 2. The van der Waals surface area contributed by atoms with Gasteiger partial charge in [0.25, 0.3) is 0 Å². The van der Waals surface area contributed by atoms with Crippen molar-refractivity contribution in [2.24, 2.45) is 0 Å². The van der Waals surface area contributed by atoms with Crippen molar-refractivity contribution < 1.29 is 23.0 Å². The van der Waals surface area contributed by atoms with E-state index >= 15 is 0 Å². The van der Waals surface area contributed by atoms with Gasteiger partial charge in [0.15, 0.2) is 0 Å². The van der Waals surface area contributed by atoms with Crippen LogP contribution >= 0.6 is 19.4 Å². The second kappa shape index (κ2) is 13.7. The van der Waals surface area contributed by atoms with E-state index in [0.29, 0.717) is 5.75 Å². The summed E-state index contributed by atoms with van der Waals surface area (Å²) >= 11 is -1.86. The van der Waals surface area contributed by atoms with Crippen LogP contribution in [0.25, 0.3) is 0 Å². The molecular formula is C31H38Cl2N2O2Ru. The molecule has 3 aromatic carbocycles. The zero-order valence-corrected chi connectivity index (χ0v) is 26.6. The first-order valence-electron chi connectivity index (χ1n) is 12.7. The molecule has 1 aliphatic heterocycles. The summed E-state index contributed by atoms with van der Waals surface area (Å²) in [5.41, 5.74) is 11.9. The number of hydrogen-bond donors (Lipinski definition) is 0. The number of benzene rings is 3. The molecule has 0 spiro atoms. The minimum absolute atomic E-state index is 0.0178. The molecule has 206 valence electrons. The van der Waals surface area contributed by atoms with Crippen LogP contribution in [0.2, 0.25) is 0 Å². The van der Waals surface area contributed by atoms with Gasteiger partial charge in [0.05, 0.1) is 6.67 Å². The van der Waals surface area contributed by atoms with Gasteiger partial charge in [-0.1, -0.05) is 35.4 Å². The zero-order valence-electron chi connectivity index (χ0n) is 23.3. The Morgan fingerprint density at radius 3 is 1.71 bits per heavy atom. The van der Waals surface area contributed by atoms with Gasteiger partial charge in [-0.25, -0.2) is 0 Å². The molecule has 0 atom stereocenters. The molecule has 0 aliphatic carbocycles. The average molecular weight is 643 g/mol. The van der Waals surface area contributed by atoms with Crippen molar-refractivity contribution in [3.8, 4) is 5.75 Å². The van der Waals surface area contributed by atoms with Crippen LogP contribution in [0.15, 0.2) is 48.5 Å². The Bertz CT molecular complexity index is 1230. The van der Waals surface area contributed by atoms with Crippen molar-refractivity contribution in [2.45, 2.75) is 48.5 Å². The molecule has 0 unspecified atom stereocenters. The number of ether oxygens (including phenoxy) is 1. The third kappa shape index (κ3) is 8.15. The third-order valence-electron chi connectivity index (χ3n) is 6.42. The number of aryl methyl sites for hydroxylation is 6. The summed E-state index contributed by atoms with van der Waals surface area (Å²) in [6, 6.07) is 16.6. The van der Waals surface area contributed by atoms with Gasteiger partial charge >= 0.3 is 102 Å². The van der Waals surface area contributed by atoms with Crippen molar-refractivity contribution in [2.75, 3.05) is 36.2 Å². The summed E-state index contributed by atoms with van der Waals surface area (Å²) in [7, 11) is 11.6. The minimum Gasteiger partial charge on any atom is -0.352 e. The molecule has 1 heterocycles. The molecule has 7 heteroatoms. The van der Waals surface area contributed by atoms with E-state index < -0.39 is 13.5 Å². The first kappa shape index (κ1) is 30.3. The van der Waals surface area contributed by atoms with Crippen molar-refractivity contribution >= 4 is 41.1 Å². The van der Waals surface area contributed by atoms with Crippen molar-refractivity contribution in [1.29, 1.82) is 0 Å². The Labute approximate surface area is 241 Å². The van der Waals surface area contributed by atoms with E-state index in [1.54, 1.807) is 10.7 Å². The van der Waals surface area contributed by atoms with Gasteiger partial charge in [0, 0.05) is 24.5 Å². The fraction of sp³-hybridized carbons (Fsp3) is 0.355. The van der Waals surface area contributed by atoms with E-state index in [-0.39, 0.29) is 12.4 Å². The van der Waals surface area contributed by atoms with Crippen LogP contribution in [0.1, 0.15) is 45.9 Å². The number of hydrogen-bond acceptors (Lipinski definition) is 4. The Morgan fingerprint density at radius 2 is 1.29 bits per heavy atom. The summed E-state index contributed by atoms with van der Waals surface area (Å²) < 4.78 is 7.12. The first-order valence-corrected chi connectivity index (χ1v) is 18.1. The summed E-state index contributed by atoms with van der Waals surface area (Å²) in [5, 5.41) is 0. The molecule has 0 bridgehead atoms. The van der Waals surface area contributed by atoms with Crippen LogP contribution in [0.3, 0.4) is 0 Å². The number of nitrogens with zero attached hydrogens (tertiary/aromatic N) is 2. The maximum Gasteiger partial charge on any atom is 0.0904 e. The van der Waals surface area contributed by atoms with E-state index in [1.165, 1.54) is 51.7 Å². The van der Waals surface area contributed by atoms with Gasteiger partial charge in [0.2, 0.25) is 0 Å². The Kier molecular flexibility index (Phi) is 11.0. The zero-order chi connectivity index (χ0) is 28.0. The van der Waals surface area contributed by atoms with E-state index in [9.17, 15) is 4.79 Å². The van der Waals surface area contributed by atoms with E-state index in [2.05, 4.69) is 75.6 Å². The number of ketones is 1. The number of Topliss-reactive ketones (excluding diaryl/α,β-unsaturated/α-hetero) is 1. The quantitative estimate of drug-likeness (QED) is 0.260. The van der Waals surface area contributed by atoms with Gasteiger partial charge in [-0.3, -0.25) is 0 Å². The van der Waals surface area contributed by atoms with Crippen LogP contribution in [0.4, 0.5) is 11.4 Å². The normalized spacial score (nSPS) is 13.1. The molecule has 38 heavy (non-hydrogen) atoms. The smallest absolute Gasteiger partial charge is 0.0904 e. The van der Waals surface area contributed by atoms with Crippen molar-refractivity contribution in [3.05, 3.63) is 87.5 Å². The standard InChI is InChI=1S/C21H28N2.C10H10O2.2ClH.Ru/c1-14-9-16(3)20(17(4)10-14)22-7-8-23(13-22)21-18(5)11-15(2)12-19(21)6;1-8-5-3-4-6-10(8)12-7-9(2)11;;;/h9-12H,7-8,13H2,1-6H3;1,3-6H,7H2,2H3;2*1H;/q;;;;+2/p-2. The molecule has 0 saturated carbocycles. The maximum absolute atomic E-state index is 10.8. The third-order valence-corrected chi connectivity index (χ3v) is 8.25. The fourth-order valence-electron chi connectivity index (χ4n) is 5.26. The van der Waals surface area contributed by atoms with Gasteiger partial charge in [-0.15, -0.1) is 0 Å². The summed E-state index contributed by atoms with van der Waals surface area (Å²) in [4.78, 5) is 15.8. The molecule has 4 nitrogen and oxygen atoms in total. The Balaban J connectivity index is 0.000000232. The minimum atomic E-state index is -1.86. The van der Waals surface area contributed by atoms with Crippen LogP contribution < -0.4 is 14.5 Å². The topological polar surface area (TPSA) is 32.8 Å². The molecule has 1 aliphatic rings. The molecule has 0 aromatic heterocycles. The molecule has 0 radical (unpaired) electrons. The predicted octanol–water partition coefficient (Wildman–Crippen LogP) is 7.55. The van der Waals surface area contributed by atoms with Gasteiger partial charge in [0.1, 0.15) is 0 Å². The fourth-order valence-corrected chi connectivity index (χ4v) is 7.06. The average Bonchev–Trinajstić information content (AvgIpc) is 3.26. The van der Waals surface area contributed by atoms with Crippen molar-refractivity contribution in [3.63, 3.8) is 0 Å². The number of rotatable bonds is 6. The first-order chi connectivity index (χ1) is 18.0. The summed E-state index contributed by atoms with van der Waals surface area (Å²) in [6.45, 7) is 18.0. The molecule has 0 N–H and O–H groups in total. The molecule has 0 amide bonds. The Hall–Kier alpha value is -2.20. The predicted molar refractivity (Wildman–Crippen MR) is 160 cm³/mol. The van der Waals surface area contributed by atoms with Crippen LogP contribution in [0.5, 0.6) is 5.75 Å². The molecule has 3 aromatic rings. The van der Waals surface area contributed by atoms with Gasteiger partial charge in [-0.05, 0) is 63.8 Å². The van der Waals surface area contributed by atoms with E-state index in [0.717, 1.165) is 25.3 Å². The van der Waals surface area contributed by atoms with Gasteiger partial charge < -0.3 is 9.80 Å². The van der Waals surface area contributed by atoms with Crippen LogP contribution in [0, 0.1) is 41.5 Å². The Morgan fingerprint density at radius 1 is 0.842 bits per heavy atom. The van der Waals surface area contributed by atoms with Crippen molar-refractivity contribution in [1.82, 2.24) is 0 Å². The molecule has 4 rings (SSSR count). The van der Waals surface area contributed by atoms with E-state index in [4.69, 9.17) is 24.1 Å². The molecule has 1 saturated heterocycles. The van der Waals surface area contributed by atoms with E-state index in [1.807, 2.05) is 18.2 Å². The monoisotopic (exact) mass is 642 g/mol. The summed E-state index contributed by atoms with van der Waals surface area (Å²) in [6.07, 6.45) is 0. The number of para-hydroxylation sites is 1. The number of anilines is 2. The second-order valence-electron chi connectivity index (χ2n) is 10.00.